The average molecular weight is 362 g/mol. The first-order valence-electron chi connectivity index (χ1n) is 8.12. The van der Waals surface area contributed by atoms with Gasteiger partial charge < -0.3 is 20.7 Å². The van der Waals surface area contributed by atoms with Crippen molar-refractivity contribution in [1.29, 1.82) is 0 Å². The second-order valence-electron chi connectivity index (χ2n) is 6.52. The maximum Gasteiger partial charge on any atom is 0.263 e. The monoisotopic (exact) mass is 362 g/mol. The van der Waals surface area contributed by atoms with E-state index in [0.29, 0.717) is 21.3 Å². The number of nitrogens with one attached hydrogen (secondary N) is 1. The predicted octanol–water partition coefficient (Wildman–Crippen LogP) is 1.85. The molecular formula is C17H22N4O3S. The summed E-state index contributed by atoms with van der Waals surface area (Å²) in [7, 11) is 3.34. The number of hydrogen-bond acceptors (Lipinski definition) is 6. The summed E-state index contributed by atoms with van der Waals surface area (Å²) < 4.78 is 5.60. The molecule has 0 saturated heterocycles. The van der Waals surface area contributed by atoms with Crippen molar-refractivity contribution >= 4 is 39.1 Å². The highest BCUT2D eigenvalue weighted by atomic mass is 32.1. The molecule has 0 bridgehead atoms. The number of carbonyl (C=O) groups is 2. The quantitative estimate of drug-likeness (QED) is 0.846. The molecule has 1 saturated carbocycles. The van der Waals surface area contributed by atoms with Crippen molar-refractivity contribution < 1.29 is 14.3 Å². The summed E-state index contributed by atoms with van der Waals surface area (Å²) in [5.74, 6) is 0.107. The fourth-order valence-electron chi connectivity index (χ4n) is 2.44. The van der Waals surface area contributed by atoms with Crippen LogP contribution in [0.25, 0.3) is 10.2 Å². The largest absolute Gasteiger partial charge is 0.467 e. The van der Waals surface area contributed by atoms with Gasteiger partial charge in [-0.1, -0.05) is 0 Å². The highest BCUT2D eigenvalue weighted by Crippen LogP contribution is 2.38. The maximum atomic E-state index is 12.4. The van der Waals surface area contributed by atoms with Crippen LogP contribution in [0.1, 0.15) is 33.6 Å². The third-order valence-corrected chi connectivity index (χ3v) is 5.44. The molecule has 3 rings (SSSR count). The molecule has 0 unspecified atom stereocenters. The number of thiophene rings is 1. The summed E-state index contributed by atoms with van der Waals surface area (Å²) in [6.45, 7) is 3.71. The van der Waals surface area contributed by atoms with Crippen LogP contribution in [0.3, 0.4) is 0 Å². The third-order valence-electron chi connectivity index (χ3n) is 4.34. The molecule has 2 aromatic rings. The van der Waals surface area contributed by atoms with Gasteiger partial charge in [0.2, 0.25) is 5.88 Å². The highest BCUT2D eigenvalue weighted by Gasteiger charge is 2.27. The molecule has 8 heteroatoms. The molecule has 1 aliphatic rings. The van der Waals surface area contributed by atoms with Gasteiger partial charge in [-0.3, -0.25) is 9.59 Å². The number of aryl methyl sites for hydroxylation is 1. The van der Waals surface area contributed by atoms with Gasteiger partial charge in [0.25, 0.3) is 11.8 Å². The van der Waals surface area contributed by atoms with Crippen LogP contribution in [-0.4, -0.2) is 48.4 Å². The highest BCUT2D eigenvalue weighted by molar-refractivity contribution is 7.21. The van der Waals surface area contributed by atoms with Crippen molar-refractivity contribution in [3.8, 4) is 5.88 Å². The number of fused-ring (bicyclic) bond motifs is 1. The predicted molar refractivity (Wildman–Crippen MR) is 98.2 cm³/mol. The minimum atomic E-state index is -0.148. The molecule has 3 N–H and O–H groups in total. The lowest BCUT2D eigenvalue weighted by Crippen LogP contribution is -2.27. The Labute approximate surface area is 150 Å². The Balaban J connectivity index is 1.94. The van der Waals surface area contributed by atoms with Gasteiger partial charge in [-0.05, 0) is 32.3 Å². The smallest absolute Gasteiger partial charge is 0.263 e. The topological polar surface area (TPSA) is 97.5 Å². The number of aromatic nitrogens is 1. The molecule has 0 aliphatic heterocycles. The SMILES string of the molecule is Cc1c(OCC(=O)N(C)C)nc2sc(C(=O)NC3CC3)c(N)c2c1C. The number of hydrogen-bond donors (Lipinski definition) is 2. The van der Waals surface area contributed by atoms with Crippen LogP contribution in [0.2, 0.25) is 0 Å². The van der Waals surface area contributed by atoms with Gasteiger partial charge in [0.1, 0.15) is 9.71 Å². The van der Waals surface area contributed by atoms with Crippen LogP contribution in [0.4, 0.5) is 5.69 Å². The number of rotatable bonds is 5. The van der Waals surface area contributed by atoms with Crippen molar-refractivity contribution in [3.63, 3.8) is 0 Å². The summed E-state index contributed by atoms with van der Waals surface area (Å²) in [5, 5.41) is 3.74. The maximum absolute atomic E-state index is 12.4. The number of likely N-dealkylation sites (N-methyl/N-ethyl adjacent to an activating group) is 1. The lowest BCUT2D eigenvalue weighted by atomic mass is 10.1. The number of carbonyl (C=O) groups excluding carboxylic acids is 2. The first kappa shape index (κ1) is 17.5. The van der Waals surface area contributed by atoms with E-state index in [2.05, 4.69) is 10.3 Å². The molecule has 0 radical (unpaired) electrons. The Morgan fingerprint density at radius 3 is 2.60 bits per heavy atom. The molecule has 0 aromatic carbocycles. The number of amides is 2. The molecule has 134 valence electrons. The Hall–Kier alpha value is -2.35. The van der Waals surface area contributed by atoms with Crippen LogP contribution in [0.15, 0.2) is 0 Å². The zero-order valence-corrected chi connectivity index (χ0v) is 15.6. The summed E-state index contributed by atoms with van der Waals surface area (Å²) in [5.41, 5.74) is 8.42. The van der Waals surface area contributed by atoms with Crippen molar-refractivity contribution in [2.45, 2.75) is 32.7 Å². The molecule has 7 nitrogen and oxygen atoms in total. The second-order valence-corrected chi connectivity index (χ2v) is 7.52. The third kappa shape index (κ3) is 3.39. The minimum Gasteiger partial charge on any atom is -0.467 e. The normalized spacial score (nSPS) is 13.8. The zero-order valence-electron chi connectivity index (χ0n) is 14.8. The van der Waals surface area contributed by atoms with Gasteiger partial charge in [0.15, 0.2) is 6.61 Å². The van der Waals surface area contributed by atoms with E-state index in [9.17, 15) is 9.59 Å². The van der Waals surface area contributed by atoms with E-state index in [0.717, 1.165) is 29.4 Å². The number of anilines is 1. The van der Waals surface area contributed by atoms with E-state index in [1.165, 1.54) is 16.2 Å². The van der Waals surface area contributed by atoms with Crippen molar-refractivity contribution in [3.05, 3.63) is 16.0 Å². The van der Waals surface area contributed by atoms with Crippen LogP contribution in [0, 0.1) is 13.8 Å². The van der Waals surface area contributed by atoms with E-state index in [-0.39, 0.29) is 24.5 Å². The first-order chi connectivity index (χ1) is 11.8. The summed E-state index contributed by atoms with van der Waals surface area (Å²) in [6, 6.07) is 0.267. The minimum absolute atomic E-state index is 0.0817. The van der Waals surface area contributed by atoms with Gasteiger partial charge in [0.05, 0.1) is 5.69 Å². The van der Waals surface area contributed by atoms with Crippen molar-refractivity contribution in [1.82, 2.24) is 15.2 Å². The number of nitrogen functional groups attached to an aromatic ring is 1. The Bertz CT molecular complexity index is 855. The Morgan fingerprint density at radius 2 is 2.00 bits per heavy atom. The van der Waals surface area contributed by atoms with Crippen LogP contribution in [-0.2, 0) is 4.79 Å². The number of pyridine rings is 1. The fraction of sp³-hybridized carbons (Fsp3) is 0.471. The molecule has 2 amide bonds. The van der Waals surface area contributed by atoms with Crippen LogP contribution < -0.4 is 15.8 Å². The summed E-state index contributed by atoms with van der Waals surface area (Å²) >= 11 is 1.26. The summed E-state index contributed by atoms with van der Waals surface area (Å²) in [6.07, 6.45) is 2.04. The molecule has 1 fully saturated rings. The number of nitrogens with zero attached hydrogens (tertiary/aromatic N) is 2. The van der Waals surface area contributed by atoms with Crippen molar-refractivity contribution in [2.75, 3.05) is 26.4 Å². The lowest BCUT2D eigenvalue weighted by molar-refractivity contribution is -0.130. The van der Waals surface area contributed by atoms with Gasteiger partial charge in [-0.25, -0.2) is 4.98 Å². The molecule has 0 atom stereocenters. The Kier molecular flexibility index (Phi) is 4.55. The van der Waals surface area contributed by atoms with Gasteiger partial charge in [0, 0.05) is 31.1 Å². The average Bonchev–Trinajstić information content (AvgIpc) is 3.30. The molecule has 0 spiro atoms. The number of nitrogens with two attached hydrogens (primary N) is 1. The molecule has 2 heterocycles. The van der Waals surface area contributed by atoms with E-state index in [4.69, 9.17) is 10.5 Å². The van der Waals surface area contributed by atoms with E-state index in [1.54, 1.807) is 14.1 Å². The lowest BCUT2D eigenvalue weighted by Gasteiger charge is -2.13. The van der Waals surface area contributed by atoms with Gasteiger partial charge >= 0.3 is 0 Å². The van der Waals surface area contributed by atoms with Crippen molar-refractivity contribution in [2.24, 2.45) is 0 Å². The van der Waals surface area contributed by atoms with Gasteiger partial charge in [-0.2, -0.15) is 0 Å². The molecule has 1 aliphatic carbocycles. The van der Waals surface area contributed by atoms with E-state index in [1.807, 2.05) is 13.8 Å². The standard InChI is InChI=1S/C17H22N4O3S/c1-8-9(2)16(24-7-11(22)21(3)4)20-17-12(8)13(18)14(25-17)15(23)19-10-5-6-10/h10H,5-7,18H2,1-4H3,(H,19,23). The van der Waals surface area contributed by atoms with Crippen LogP contribution in [0.5, 0.6) is 5.88 Å². The summed E-state index contributed by atoms with van der Waals surface area (Å²) in [4.78, 5) is 31.2. The Morgan fingerprint density at radius 1 is 1.32 bits per heavy atom. The fourth-order valence-corrected chi connectivity index (χ4v) is 3.49. The number of ether oxygens (including phenoxy) is 1. The molecular weight excluding hydrogens is 340 g/mol. The molecule has 2 aromatic heterocycles. The van der Waals surface area contributed by atoms with E-state index >= 15 is 0 Å². The van der Waals surface area contributed by atoms with Gasteiger partial charge in [-0.15, -0.1) is 11.3 Å². The van der Waals surface area contributed by atoms with E-state index < -0.39 is 0 Å². The molecule has 25 heavy (non-hydrogen) atoms. The van der Waals surface area contributed by atoms with Crippen LogP contribution >= 0.6 is 11.3 Å². The zero-order chi connectivity index (χ0) is 18.3. The second kappa shape index (κ2) is 6.51. The first-order valence-corrected chi connectivity index (χ1v) is 8.94.